The maximum Gasteiger partial charge on any atom is 0.227 e. The van der Waals surface area contributed by atoms with Gasteiger partial charge in [0.05, 0.1) is 12.0 Å². The van der Waals surface area contributed by atoms with E-state index < -0.39 is 0 Å². The van der Waals surface area contributed by atoms with Gasteiger partial charge in [-0.15, -0.1) is 0 Å². The predicted octanol–water partition coefficient (Wildman–Crippen LogP) is 2.02. The van der Waals surface area contributed by atoms with E-state index in [9.17, 15) is 4.79 Å². The largest absolute Gasteiger partial charge is 0.377 e. The first-order chi connectivity index (χ1) is 8.87. The Bertz CT molecular complexity index is 284. The molecule has 1 aliphatic rings. The highest BCUT2D eigenvalue weighted by Crippen LogP contribution is 2.26. The van der Waals surface area contributed by atoms with Crippen molar-refractivity contribution >= 4 is 5.91 Å². The fraction of sp³-hybridized carbons (Fsp3) is 0.933. The zero-order valence-electron chi connectivity index (χ0n) is 12.9. The minimum atomic E-state index is -0.0552. The number of hydrogen-bond donors (Lipinski definition) is 1. The molecular weight excluding hydrogens is 240 g/mol. The second-order valence-electron chi connectivity index (χ2n) is 6.70. The lowest BCUT2D eigenvalue weighted by atomic mass is 9.84. The van der Waals surface area contributed by atoms with Crippen LogP contribution in [0.3, 0.4) is 0 Å². The fourth-order valence-electron chi connectivity index (χ4n) is 2.78. The van der Waals surface area contributed by atoms with Gasteiger partial charge in [-0.3, -0.25) is 4.79 Å². The molecule has 1 saturated heterocycles. The molecule has 0 aromatic rings. The van der Waals surface area contributed by atoms with Crippen molar-refractivity contribution in [3.8, 4) is 0 Å². The van der Waals surface area contributed by atoms with Crippen molar-refractivity contribution < 1.29 is 9.53 Å². The Balaban J connectivity index is 2.59. The van der Waals surface area contributed by atoms with Crippen LogP contribution in [0.5, 0.6) is 0 Å². The molecule has 4 heteroatoms. The third-order valence-corrected chi connectivity index (χ3v) is 3.58. The molecule has 1 amide bonds. The number of likely N-dealkylation sites (tertiary alicyclic amines) is 1. The van der Waals surface area contributed by atoms with Gasteiger partial charge in [0.1, 0.15) is 0 Å². The molecule has 0 aromatic carbocycles. The first-order valence-electron chi connectivity index (χ1n) is 7.48. The molecule has 112 valence electrons. The summed E-state index contributed by atoms with van der Waals surface area (Å²) in [6.45, 7) is 11.2. The average Bonchev–Trinajstić information content (AvgIpc) is 2.35. The minimum Gasteiger partial charge on any atom is -0.377 e. The van der Waals surface area contributed by atoms with E-state index in [1.165, 1.54) is 0 Å². The summed E-state index contributed by atoms with van der Waals surface area (Å²) in [5.41, 5.74) is 5.94. The number of hydrogen-bond acceptors (Lipinski definition) is 3. The highest BCUT2D eigenvalue weighted by atomic mass is 16.5. The topological polar surface area (TPSA) is 55.6 Å². The molecule has 1 heterocycles. The molecule has 0 radical (unpaired) electrons. The molecule has 19 heavy (non-hydrogen) atoms. The highest BCUT2D eigenvalue weighted by molar-refractivity contribution is 5.79. The van der Waals surface area contributed by atoms with Gasteiger partial charge in [-0.05, 0) is 31.6 Å². The van der Waals surface area contributed by atoms with Crippen molar-refractivity contribution in [3.05, 3.63) is 0 Å². The summed E-state index contributed by atoms with van der Waals surface area (Å²) < 4.78 is 5.65. The maximum atomic E-state index is 12.5. The fourth-order valence-corrected chi connectivity index (χ4v) is 2.78. The number of nitrogens with zero attached hydrogens (tertiary/aromatic N) is 1. The van der Waals surface area contributed by atoms with Crippen molar-refractivity contribution in [1.29, 1.82) is 0 Å². The summed E-state index contributed by atoms with van der Waals surface area (Å²) in [5.74, 6) is 0.155. The number of rotatable bonds is 5. The van der Waals surface area contributed by atoms with Crippen molar-refractivity contribution in [2.75, 3.05) is 26.2 Å². The maximum absolute atomic E-state index is 12.5. The quantitative estimate of drug-likeness (QED) is 0.831. The molecule has 0 spiro atoms. The van der Waals surface area contributed by atoms with E-state index in [1.807, 2.05) is 11.8 Å². The van der Waals surface area contributed by atoms with Gasteiger partial charge >= 0.3 is 0 Å². The van der Waals surface area contributed by atoms with Gasteiger partial charge < -0.3 is 15.4 Å². The van der Waals surface area contributed by atoms with Crippen LogP contribution in [-0.4, -0.2) is 43.2 Å². The van der Waals surface area contributed by atoms with Crippen molar-refractivity contribution in [2.45, 2.75) is 53.1 Å². The average molecular weight is 270 g/mol. The van der Waals surface area contributed by atoms with E-state index in [0.717, 1.165) is 39.0 Å². The van der Waals surface area contributed by atoms with Gasteiger partial charge in [-0.1, -0.05) is 20.8 Å². The van der Waals surface area contributed by atoms with Gasteiger partial charge in [0.15, 0.2) is 0 Å². The smallest absolute Gasteiger partial charge is 0.227 e. The summed E-state index contributed by atoms with van der Waals surface area (Å²) in [7, 11) is 0. The van der Waals surface area contributed by atoms with Crippen molar-refractivity contribution in [2.24, 2.45) is 17.1 Å². The number of carbonyl (C=O) groups is 1. The Labute approximate surface area is 117 Å². The van der Waals surface area contributed by atoms with E-state index >= 15 is 0 Å². The number of amides is 1. The SMILES string of the molecule is CCOC1CCCN(C(=O)C(CN)CC(C)(C)C)C1. The molecular formula is C15H30N2O2. The minimum absolute atomic E-state index is 0.0552. The normalized spacial score (nSPS) is 22.4. The van der Waals surface area contributed by atoms with Gasteiger partial charge in [-0.25, -0.2) is 0 Å². The van der Waals surface area contributed by atoms with Crippen LogP contribution in [0.1, 0.15) is 47.0 Å². The zero-order chi connectivity index (χ0) is 14.5. The lowest BCUT2D eigenvalue weighted by Crippen LogP contribution is -2.47. The Morgan fingerprint density at radius 2 is 2.16 bits per heavy atom. The van der Waals surface area contributed by atoms with E-state index in [2.05, 4.69) is 20.8 Å². The summed E-state index contributed by atoms with van der Waals surface area (Å²) in [4.78, 5) is 14.5. The standard InChI is InChI=1S/C15H30N2O2/c1-5-19-13-7-6-8-17(11-13)14(18)12(10-16)9-15(2,3)4/h12-13H,5-11,16H2,1-4H3. The van der Waals surface area contributed by atoms with Crippen molar-refractivity contribution in [3.63, 3.8) is 0 Å². The number of piperidine rings is 1. The summed E-state index contributed by atoms with van der Waals surface area (Å²) >= 11 is 0. The van der Waals surface area contributed by atoms with E-state index in [-0.39, 0.29) is 23.3 Å². The second kappa shape index (κ2) is 7.25. The van der Waals surface area contributed by atoms with Crippen LogP contribution in [0.15, 0.2) is 0 Å². The van der Waals surface area contributed by atoms with Crippen molar-refractivity contribution in [1.82, 2.24) is 4.90 Å². The first kappa shape index (κ1) is 16.4. The van der Waals surface area contributed by atoms with Crippen LogP contribution >= 0.6 is 0 Å². The summed E-state index contributed by atoms with van der Waals surface area (Å²) in [5, 5.41) is 0. The van der Waals surface area contributed by atoms with Gasteiger partial charge in [0.25, 0.3) is 0 Å². The number of carbonyl (C=O) groups excluding carboxylic acids is 1. The molecule has 1 fully saturated rings. The number of ether oxygens (including phenoxy) is 1. The Morgan fingerprint density at radius 3 is 2.68 bits per heavy atom. The molecule has 4 nitrogen and oxygen atoms in total. The Morgan fingerprint density at radius 1 is 1.47 bits per heavy atom. The van der Waals surface area contributed by atoms with Crippen LogP contribution < -0.4 is 5.73 Å². The van der Waals surface area contributed by atoms with Crippen LogP contribution in [0.25, 0.3) is 0 Å². The molecule has 0 aliphatic carbocycles. The Kier molecular flexibility index (Phi) is 6.27. The molecule has 0 saturated carbocycles. The third kappa shape index (κ3) is 5.49. The Hall–Kier alpha value is -0.610. The van der Waals surface area contributed by atoms with Crippen LogP contribution in [-0.2, 0) is 9.53 Å². The first-order valence-corrected chi connectivity index (χ1v) is 7.48. The molecule has 1 rings (SSSR count). The molecule has 2 atom stereocenters. The van der Waals surface area contributed by atoms with Gasteiger partial charge in [-0.2, -0.15) is 0 Å². The lowest BCUT2D eigenvalue weighted by Gasteiger charge is -2.35. The van der Waals surface area contributed by atoms with E-state index in [1.54, 1.807) is 0 Å². The van der Waals surface area contributed by atoms with Gasteiger partial charge in [0, 0.05) is 26.2 Å². The molecule has 2 unspecified atom stereocenters. The predicted molar refractivity (Wildman–Crippen MR) is 77.8 cm³/mol. The van der Waals surface area contributed by atoms with Gasteiger partial charge in [0.2, 0.25) is 5.91 Å². The summed E-state index contributed by atoms with van der Waals surface area (Å²) in [6, 6.07) is 0. The zero-order valence-corrected chi connectivity index (χ0v) is 12.9. The lowest BCUT2D eigenvalue weighted by molar-refractivity contribution is -0.140. The third-order valence-electron chi connectivity index (χ3n) is 3.58. The second-order valence-corrected chi connectivity index (χ2v) is 6.70. The van der Waals surface area contributed by atoms with Crippen LogP contribution in [0.4, 0.5) is 0 Å². The monoisotopic (exact) mass is 270 g/mol. The molecule has 0 bridgehead atoms. The molecule has 0 aromatic heterocycles. The highest BCUT2D eigenvalue weighted by Gasteiger charge is 2.30. The van der Waals surface area contributed by atoms with E-state index in [0.29, 0.717) is 6.54 Å². The van der Waals surface area contributed by atoms with E-state index in [4.69, 9.17) is 10.5 Å². The molecule has 1 aliphatic heterocycles. The van der Waals surface area contributed by atoms with Crippen LogP contribution in [0.2, 0.25) is 0 Å². The molecule has 2 N–H and O–H groups in total. The van der Waals surface area contributed by atoms with Crippen LogP contribution in [0, 0.1) is 11.3 Å². The number of nitrogens with two attached hydrogens (primary N) is 1. The summed E-state index contributed by atoms with van der Waals surface area (Å²) in [6.07, 6.45) is 3.14.